The fourth-order valence-corrected chi connectivity index (χ4v) is 1.90. The van der Waals surface area contributed by atoms with Crippen LogP contribution in [0.4, 0.5) is 0 Å². The van der Waals surface area contributed by atoms with Crippen molar-refractivity contribution in [2.24, 2.45) is 5.73 Å². The number of methoxy groups -OCH3 is 1. The zero-order valence-corrected chi connectivity index (χ0v) is 10.9. The molecule has 1 unspecified atom stereocenters. The number of ether oxygens (including phenoxy) is 1. The topological polar surface area (TPSA) is 70.1 Å². The van der Waals surface area contributed by atoms with Gasteiger partial charge in [0.2, 0.25) is 0 Å². The quantitative estimate of drug-likeness (QED) is 0.786. The van der Waals surface area contributed by atoms with Crippen LogP contribution in [0.1, 0.15) is 38.8 Å². The van der Waals surface area contributed by atoms with Gasteiger partial charge in [-0.2, -0.15) is 5.10 Å². The Morgan fingerprint density at radius 3 is 2.76 bits per heavy atom. The smallest absolute Gasteiger partial charge is 0.306 e. The van der Waals surface area contributed by atoms with Crippen LogP contribution in [0, 0.1) is 0 Å². The average molecular weight is 239 g/mol. The van der Waals surface area contributed by atoms with Crippen LogP contribution in [-0.4, -0.2) is 28.4 Å². The summed E-state index contributed by atoms with van der Waals surface area (Å²) in [6.07, 6.45) is 2.00. The number of nitrogens with two attached hydrogens (primary N) is 1. The lowest BCUT2D eigenvalue weighted by molar-refractivity contribution is -0.141. The average Bonchev–Trinajstić information content (AvgIpc) is 2.71. The number of hydrogen-bond acceptors (Lipinski definition) is 4. The molecule has 1 atom stereocenters. The van der Waals surface area contributed by atoms with Gasteiger partial charge < -0.3 is 10.5 Å². The summed E-state index contributed by atoms with van der Waals surface area (Å²) in [6.45, 7) is 6.59. The Balaban J connectivity index is 3.03. The number of carbonyl (C=O) groups excluding carboxylic acids is 1. The Bertz CT molecular complexity index is 379. The summed E-state index contributed by atoms with van der Waals surface area (Å²) < 4.78 is 6.59. The van der Waals surface area contributed by atoms with Crippen molar-refractivity contribution in [2.75, 3.05) is 7.11 Å². The fraction of sp³-hybridized carbons (Fsp3) is 0.667. The van der Waals surface area contributed by atoms with E-state index in [0.717, 1.165) is 12.2 Å². The monoisotopic (exact) mass is 239 g/mol. The molecular formula is C12H21N3O2. The van der Waals surface area contributed by atoms with Crippen LogP contribution in [0.3, 0.4) is 0 Å². The van der Waals surface area contributed by atoms with Crippen LogP contribution in [0.15, 0.2) is 12.3 Å². The molecule has 1 aromatic heterocycles. The van der Waals surface area contributed by atoms with Crippen LogP contribution in [0.5, 0.6) is 0 Å². The van der Waals surface area contributed by atoms with E-state index in [1.807, 2.05) is 31.5 Å². The molecule has 5 heteroatoms. The molecule has 0 saturated heterocycles. The highest BCUT2D eigenvalue weighted by Gasteiger charge is 2.31. The van der Waals surface area contributed by atoms with Crippen molar-refractivity contribution in [3.05, 3.63) is 18.0 Å². The molecule has 0 spiro atoms. The van der Waals surface area contributed by atoms with E-state index in [0.29, 0.717) is 0 Å². The zero-order valence-electron chi connectivity index (χ0n) is 10.9. The van der Waals surface area contributed by atoms with E-state index in [1.165, 1.54) is 7.11 Å². The first-order valence-electron chi connectivity index (χ1n) is 5.77. The molecule has 5 nitrogen and oxygen atoms in total. The minimum absolute atomic E-state index is 0.0996. The number of hydrogen-bond donors (Lipinski definition) is 1. The highest BCUT2D eigenvalue weighted by atomic mass is 16.5. The molecule has 0 aliphatic carbocycles. The number of carbonyl (C=O) groups is 1. The number of esters is 1. The van der Waals surface area contributed by atoms with Gasteiger partial charge in [-0.25, -0.2) is 0 Å². The van der Waals surface area contributed by atoms with Gasteiger partial charge in [0, 0.05) is 29.9 Å². The first-order chi connectivity index (χ1) is 7.90. The van der Waals surface area contributed by atoms with E-state index >= 15 is 0 Å². The Kier molecular flexibility index (Phi) is 4.28. The summed E-state index contributed by atoms with van der Waals surface area (Å²) in [4.78, 5) is 11.5. The predicted octanol–water partition coefficient (Wildman–Crippen LogP) is 1.29. The lowest BCUT2D eigenvalue weighted by atomic mass is 9.83. The van der Waals surface area contributed by atoms with Crippen molar-refractivity contribution in [1.82, 2.24) is 9.78 Å². The second kappa shape index (κ2) is 5.31. The normalized spacial score (nSPS) is 13.5. The lowest BCUT2D eigenvalue weighted by Gasteiger charge is -2.30. The highest BCUT2D eigenvalue weighted by molar-refractivity contribution is 5.70. The van der Waals surface area contributed by atoms with Crippen LogP contribution in [0.25, 0.3) is 0 Å². The second-order valence-electron chi connectivity index (χ2n) is 4.73. The molecule has 17 heavy (non-hydrogen) atoms. The first kappa shape index (κ1) is 13.7. The van der Waals surface area contributed by atoms with Gasteiger partial charge >= 0.3 is 5.97 Å². The number of rotatable bonds is 5. The van der Waals surface area contributed by atoms with Gasteiger partial charge in [0.1, 0.15) is 0 Å². The van der Waals surface area contributed by atoms with E-state index in [-0.39, 0.29) is 18.3 Å². The standard InChI is InChI=1S/C12H21N3O2/c1-5-15-10(6-7-14-15)9(12(2,3)13)8-11(16)17-4/h6-7,9H,5,8,13H2,1-4H3. The van der Waals surface area contributed by atoms with Gasteiger partial charge in [-0.3, -0.25) is 9.48 Å². The molecule has 0 bridgehead atoms. The number of aromatic nitrogens is 2. The maximum absolute atomic E-state index is 11.5. The van der Waals surface area contributed by atoms with Crippen molar-refractivity contribution in [2.45, 2.75) is 45.2 Å². The SMILES string of the molecule is CCn1nccc1C(CC(=O)OC)C(C)(C)N. The summed E-state index contributed by atoms with van der Waals surface area (Å²) in [5, 5.41) is 4.21. The molecule has 0 fully saturated rings. The molecule has 2 N–H and O–H groups in total. The van der Waals surface area contributed by atoms with Crippen molar-refractivity contribution in [3.8, 4) is 0 Å². The van der Waals surface area contributed by atoms with Gasteiger partial charge in [0.25, 0.3) is 0 Å². The summed E-state index contributed by atoms with van der Waals surface area (Å²) in [5.41, 5.74) is 6.63. The minimum atomic E-state index is -0.499. The third kappa shape index (κ3) is 3.30. The van der Waals surface area contributed by atoms with Gasteiger partial charge in [-0.15, -0.1) is 0 Å². The Morgan fingerprint density at radius 1 is 1.65 bits per heavy atom. The third-order valence-corrected chi connectivity index (χ3v) is 2.90. The van der Waals surface area contributed by atoms with Crippen molar-refractivity contribution in [1.29, 1.82) is 0 Å². The largest absolute Gasteiger partial charge is 0.469 e. The summed E-state index contributed by atoms with van der Waals surface area (Å²) in [7, 11) is 1.39. The maximum Gasteiger partial charge on any atom is 0.306 e. The van der Waals surface area contributed by atoms with Crippen LogP contribution in [-0.2, 0) is 16.1 Å². The molecular weight excluding hydrogens is 218 g/mol. The number of aryl methyl sites for hydroxylation is 1. The molecule has 0 aromatic carbocycles. The molecule has 0 aliphatic rings. The summed E-state index contributed by atoms with van der Waals surface area (Å²) >= 11 is 0. The van der Waals surface area contributed by atoms with E-state index in [9.17, 15) is 4.79 Å². The summed E-state index contributed by atoms with van der Waals surface area (Å²) in [6, 6.07) is 1.91. The van der Waals surface area contributed by atoms with Gasteiger partial charge in [-0.1, -0.05) is 0 Å². The Hall–Kier alpha value is -1.36. The molecule has 1 aromatic rings. The lowest BCUT2D eigenvalue weighted by Crippen LogP contribution is -2.41. The van der Waals surface area contributed by atoms with E-state index in [4.69, 9.17) is 10.5 Å². The predicted molar refractivity (Wildman–Crippen MR) is 65.5 cm³/mol. The van der Waals surface area contributed by atoms with Crippen LogP contribution < -0.4 is 5.73 Å². The van der Waals surface area contributed by atoms with Gasteiger partial charge in [-0.05, 0) is 26.8 Å². The minimum Gasteiger partial charge on any atom is -0.469 e. The van der Waals surface area contributed by atoms with Crippen LogP contribution in [0.2, 0.25) is 0 Å². The van der Waals surface area contributed by atoms with Gasteiger partial charge in [0.15, 0.2) is 0 Å². The third-order valence-electron chi connectivity index (χ3n) is 2.90. The van der Waals surface area contributed by atoms with E-state index in [1.54, 1.807) is 6.20 Å². The Labute approximate surface area is 102 Å². The molecule has 96 valence electrons. The first-order valence-corrected chi connectivity index (χ1v) is 5.77. The van der Waals surface area contributed by atoms with Crippen molar-refractivity contribution < 1.29 is 9.53 Å². The molecule has 1 rings (SSSR count). The van der Waals surface area contributed by atoms with Crippen molar-refractivity contribution >= 4 is 5.97 Å². The zero-order chi connectivity index (χ0) is 13.1. The molecule has 0 aliphatic heterocycles. The fourth-order valence-electron chi connectivity index (χ4n) is 1.90. The molecule has 0 amide bonds. The molecule has 0 radical (unpaired) electrons. The van der Waals surface area contributed by atoms with Gasteiger partial charge in [0.05, 0.1) is 13.5 Å². The highest BCUT2D eigenvalue weighted by Crippen LogP contribution is 2.29. The number of nitrogens with zero attached hydrogens (tertiary/aromatic N) is 2. The summed E-state index contributed by atoms with van der Waals surface area (Å²) in [5.74, 6) is -0.352. The second-order valence-corrected chi connectivity index (χ2v) is 4.73. The van der Waals surface area contributed by atoms with E-state index < -0.39 is 5.54 Å². The van der Waals surface area contributed by atoms with Crippen molar-refractivity contribution in [3.63, 3.8) is 0 Å². The molecule has 1 heterocycles. The molecule has 0 saturated carbocycles. The van der Waals surface area contributed by atoms with E-state index in [2.05, 4.69) is 5.10 Å². The van der Waals surface area contributed by atoms with Crippen LogP contribution >= 0.6 is 0 Å². The Morgan fingerprint density at radius 2 is 2.29 bits per heavy atom. The maximum atomic E-state index is 11.5.